The van der Waals surface area contributed by atoms with Gasteiger partial charge in [-0.2, -0.15) is 0 Å². The van der Waals surface area contributed by atoms with E-state index in [2.05, 4.69) is 6.92 Å². The van der Waals surface area contributed by atoms with E-state index in [0.29, 0.717) is 6.42 Å². The number of rotatable bonds is 7. The molecule has 1 aliphatic rings. The molecule has 4 nitrogen and oxygen atoms in total. The number of carbonyl (C=O) groups excluding carboxylic acids is 1. The topological polar surface area (TPSA) is 66.8 Å². The summed E-state index contributed by atoms with van der Waals surface area (Å²) >= 11 is 0. The molecule has 0 spiro atoms. The summed E-state index contributed by atoms with van der Waals surface area (Å²) in [6.45, 7) is 2.28. The van der Waals surface area contributed by atoms with Crippen LogP contribution in [0.1, 0.15) is 39.0 Å². The van der Waals surface area contributed by atoms with Gasteiger partial charge in [0.15, 0.2) is 0 Å². The monoisotopic (exact) mass is 230 g/mol. The van der Waals surface area contributed by atoms with Crippen molar-refractivity contribution in [2.75, 3.05) is 13.2 Å². The van der Waals surface area contributed by atoms with Gasteiger partial charge < -0.3 is 14.9 Å². The van der Waals surface area contributed by atoms with Crippen molar-refractivity contribution >= 4 is 5.97 Å². The number of aliphatic hydroxyl groups is 2. The lowest BCUT2D eigenvalue weighted by Gasteiger charge is -2.19. The number of aliphatic hydroxyl groups excluding tert-OH is 2. The first-order valence-electron chi connectivity index (χ1n) is 6.16. The van der Waals surface area contributed by atoms with Gasteiger partial charge in [0, 0.05) is 5.92 Å². The number of cyclic esters (lactones) is 1. The Morgan fingerprint density at radius 1 is 1.44 bits per heavy atom. The van der Waals surface area contributed by atoms with E-state index in [-0.39, 0.29) is 25.1 Å². The van der Waals surface area contributed by atoms with Crippen LogP contribution in [-0.2, 0) is 9.53 Å². The first-order chi connectivity index (χ1) is 7.70. The van der Waals surface area contributed by atoms with E-state index in [1.165, 1.54) is 0 Å². The molecule has 0 radical (unpaired) electrons. The van der Waals surface area contributed by atoms with Gasteiger partial charge in [0.2, 0.25) is 0 Å². The third-order valence-corrected chi connectivity index (χ3v) is 3.22. The maximum atomic E-state index is 11.4. The van der Waals surface area contributed by atoms with E-state index in [1.54, 1.807) is 0 Å². The summed E-state index contributed by atoms with van der Waals surface area (Å²) in [5.74, 6) is -1.11. The number of carbonyl (C=O) groups is 1. The predicted molar refractivity (Wildman–Crippen MR) is 59.8 cm³/mol. The molecule has 4 heteroatoms. The molecule has 0 bridgehead atoms. The average Bonchev–Trinajstić information content (AvgIpc) is 2.65. The van der Waals surface area contributed by atoms with E-state index >= 15 is 0 Å². The molecule has 1 rings (SSSR count). The molecular formula is C12H22O4. The number of unbranched alkanes of at least 4 members (excludes halogenated alkanes) is 3. The van der Waals surface area contributed by atoms with E-state index < -0.39 is 12.0 Å². The van der Waals surface area contributed by atoms with Crippen molar-refractivity contribution < 1.29 is 19.7 Å². The van der Waals surface area contributed by atoms with E-state index in [1.807, 2.05) is 0 Å². The Morgan fingerprint density at radius 3 is 2.81 bits per heavy atom. The summed E-state index contributed by atoms with van der Waals surface area (Å²) in [4.78, 5) is 11.4. The number of esters is 1. The molecule has 94 valence electrons. The highest BCUT2D eigenvalue weighted by molar-refractivity contribution is 5.75. The summed E-state index contributed by atoms with van der Waals surface area (Å²) < 4.78 is 4.86. The fourth-order valence-corrected chi connectivity index (χ4v) is 2.18. The SMILES string of the molecule is CCCCCC[C@@H](O)[C@H]1C(=O)OC[C@H]1CO. The maximum Gasteiger partial charge on any atom is 0.312 e. The third-order valence-electron chi connectivity index (χ3n) is 3.22. The Hall–Kier alpha value is -0.610. The van der Waals surface area contributed by atoms with E-state index in [0.717, 1.165) is 25.7 Å². The van der Waals surface area contributed by atoms with Gasteiger partial charge >= 0.3 is 5.97 Å². The molecule has 1 heterocycles. The van der Waals surface area contributed by atoms with Gasteiger partial charge in [-0.25, -0.2) is 0 Å². The van der Waals surface area contributed by atoms with Crippen LogP contribution < -0.4 is 0 Å². The molecule has 16 heavy (non-hydrogen) atoms. The first kappa shape index (κ1) is 13.5. The zero-order chi connectivity index (χ0) is 12.0. The van der Waals surface area contributed by atoms with Crippen molar-refractivity contribution in [1.82, 2.24) is 0 Å². The molecule has 1 saturated heterocycles. The second-order valence-corrected chi connectivity index (χ2v) is 4.52. The minimum absolute atomic E-state index is 0.0948. The minimum Gasteiger partial charge on any atom is -0.465 e. The molecule has 0 aromatic carbocycles. The lowest BCUT2D eigenvalue weighted by Crippen LogP contribution is -2.31. The molecular weight excluding hydrogens is 208 g/mol. The van der Waals surface area contributed by atoms with Crippen molar-refractivity contribution in [3.63, 3.8) is 0 Å². The summed E-state index contributed by atoms with van der Waals surface area (Å²) in [6, 6.07) is 0. The highest BCUT2D eigenvalue weighted by Crippen LogP contribution is 2.27. The largest absolute Gasteiger partial charge is 0.465 e. The fourth-order valence-electron chi connectivity index (χ4n) is 2.18. The second kappa shape index (κ2) is 6.86. The Bertz CT molecular complexity index is 217. The summed E-state index contributed by atoms with van der Waals surface area (Å²) in [7, 11) is 0. The molecule has 0 saturated carbocycles. The normalized spacial score (nSPS) is 26.8. The van der Waals surface area contributed by atoms with Crippen LogP contribution >= 0.6 is 0 Å². The number of hydrogen-bond acceptors (Lipinski definition) is 4. The van der Waals surface area contributed by atoms with Gasteiger partial charge in [-0.05, 0) is 6.42 Å². The van der Waals surface area contributed by atoms with Gasteiger partial charge in [-0.15, -0.1) is 0 Å². The van der Waals surface area contributed by atoms with Crippen LogP contribution in [-0.4, -0.2) is 35.5 Å². The third kappa shape index (κ3) is 3.46. The Labute approximate surface area is 96.6 Å². The molecule has 1 aliphatic heterocycles. The van der Waals surface area contributed by atoms with Crippen molar-refractivity contribution in [3.05, 3.63) is 0 Å². The van der Waals surface area contributed by atoms with Gasteiger partial charge in [-0.3, -0.25) is 4.79 Å². The molecule has 0 unspecified atom stereocenters. The second-order valence-electron chi connectivity index (χ2n) is 4.52. The van der Waals surface area contributed by atoms with E-state index in [9.17, 15) is 9.90 Å². The predicted octanol–water partition coefficient (Wildman–Crippen LogP) is 1.10. The van der Waals surface area contributed by atoms with Gasteiger partial charge in [0.1, 0.15) is 0 Å². The molecule has 1 fully saturated rings. The summed E-state index contributed by atoms with van der Waals surface area (Å²) in [5.41, 5.74) is 0. The molecule has 0 aromatic heterocycles. The summed E-state index contributed by atoms with van der Waals surface area (Å²) in [6.07, 6.45) is 4.28. The molecule has 0 aromatic rings. The Balaban J connectivity index is 2.33. The zero-order valence-electron chi connectivity index (χ0n) is 9.89. The van der Waals surface area contributed by atoms with Crippen molar-refractivity contribution in [2.24, 2.45) is 11.8 Å². The maximum absolute atomic E-state index is 11.4. The smallest absolute Gasteiger partial charge is 0.312 e. The lowest BCUT2D eigenvalue weighted by molar-refractivity contribution is -0.144. The van der Waals surface area contributed by atoms with Crippen molar-refractivity contribution in [2.45, 2.75) is 45.1 Å². The molecule has 0 amide bonds. The van der Waals surface area contributed by atoms with Crippen LogP contribution in [0.3, 0.4) is 0 Å². The molecule has 3 atom stereocenters. The Kier molecular flexibility index (Phi) is 5.77. The fraction of sp³-hybridized carbons (Fsp3) is 0.917. The van der Waals surface area contributed by atoms with Gasteiger partial charge in [0.05, 0.1) is 25.2 Å². The van der Waals surface area contributed by atoms with E-state index in [4.69, 9.17) is 9.84 Å². The number of hydrogen-bond donors (Lipinski definition) is 2. The van der Waals surface area contributed by atoms with Crippen molar-refractivity contribution in [3.8, 4) is 0 Å². The highest BCUT2D eigenvalue weighted by Gasteiger charge is 2.40. The minimum atomic E-state index is -0.663. The highest BCUT2D eigenvalue weighted by atomic mass is 16.5. The van der Waals surface area contributed by atoms with Crippen LogP contribution in [0.4, 0.5) is 0 Å². The van der Waals surface area contributed by atoms with Gasteiger partial charge in [-0.1, -0.05) is 32.6 Å². The zero-order valence-corrected chi connectivity index (χ0v) is 9.89. The molecule has 2 N–H and O–H groups in total. The van der Waals surface area contributed by atoms with Crippen molar-refractivity contribution in [1.29, 1.82) is 0 Å². The van der Waals surface area contributed by atoms with Crippen LogP contribution in [0.25, 0.3) is 0 Å². The first-order valence-corrected chi connectivity index (χ1v) is 6.16. The quantitative estimate of drug-likeness (QED) is 0.507. The standard InChI is InChI=1S/C12H22O4/c1-2-3-4-5-6-10(14)11-9(7-13)8-16-12(11)15/h9-11,13-14H,2-8H2,1H3/t9-,10-,11+/m1/s1. The van der Waals surface area contributed by atoms with Gasteiger partial charge in [0.25, 0.3) is 0 Å². The molecule has 0 aliphatic carbocycles. The number of ether oxygens (including phenoxy) is 1. The van der Waals surface area contributed by atoms with Crippen LogP contribution in [0, 0.1) is 11.8 Å². The van der Waals surface area contributed by atoms with Crippen LogP contribution in [0.15, 0.2) is 0 Å². The average molecular weight is 230 g/mol. The lowest BCUT2D eigenvalue weighted by atomic mass is 9.88. The Morgan fingerprint density at radius 2 is 2.19 bits per heavy atom. The van der Waals surface area contributed by atoms with Crippen LogP contribution in [0.2, 0.25) is 0 Å². The van der Waals surface area contributed by atoms with Crippen LogP contribution in [0.5, 0.6) is 0 Å². The summed E-state index contributed by atoms with van der Waals surface area (Å²) in [5, 5.41) is 19.0.